The number of Topliss-reactive ketones (excluding diaryl/α,β-unsaturated/α-hetero) is 1. The standard InChI is InChI=1S/C10H18N4O/c1-3-6-14-9(7-12-13-14)10(15)5-4-8(2)11/h7-8H,3-6,11H2,1-2H3. The second kappa shape index (κ2) is 5.60. The Morgan fingerprint density at radius 1 is 1.67 bits per heavy atom. The molecule has 1 atom stereocenters. The third-order valence-electron chi connectivity index (χ3n) is 2.17. The number of hydrogen-bond acceptors (Lipinski definition) is 4. The number of rotatable bonds is 6. The van der Waals surface area contributed by atoms with Gasteiger partial charge < -0.3 is 5.73 Å². The molecule has 5 nitrogen and oxygen atoms in total. The molecule has 0 aliphatic carbocycles. The highest BCUT2D eigenvalue weighted by molar-refractivity contribution is 5.94. The average molecular weight is 210 g/mol. The number of ketones is 1. The molecule has 84 valence electrons. The number of nitrogens with two attached hydrogens (primary N) is 1. The van der Waals surface area contributed by atoms with E-state index in [0.29, 0.717) is 18.5 Å². The fraction of sp³-hybridized carbons (Fsp3) is 0.700. The van der Waals surface area contributed by atoms with Gasteiger partial charge in [-0.2, -0.15) is 0 Å². The summed E-state index contributed by atoms with van der Waals surface area (Å²) in [5.41, 5.74) is 6.20. The summed E-state index contributed by atoms with van der Waals surface area (Å²) in [6.07, 6.45) is 3.64. The fourth-order valence-corrected chi connectivity index (χ4v) is 1.34. The molecule has 1 unspecified atom stereocenters. The number of carbonyl (C=O) groups excluding carboxylic acids is 1. The predicted octanol–water partition coefficient (Wildman–Crippen LogP) is 0.998. The maximum atomic E-state index is 11.7. The monoisotopic (exact) mass is 210 g/mol. The highest BCUT2D eigenvalue weighted by Gasteiger charge is 2.12. The number of aromatic nitrogens is 3. The maximum absolute atomic E-state index is 11.7. The van der Waals surface area contributed by atoms with E-state index >= 15 is 0 Å². The molecular weight excluding hydrogens is 192 g/mol. The Morgan fingerprint density at radius 2 is 2.40 bits per heavy atom. The van der Waals surface area contributed by atoms with Crippen LogP contribution < -0.4 is 5.73 Å². The van der Waals surface area contributed by atoms with Gasteiger partial charge in [0.2, 0.25) is 0 Å². The molecule has 1 aromatic rings. The van der Waals surface area contributed by atoms with Crippen LogP contribution in [0.15, 0.2) is 6.20 Å². The molecule has 0 fully saturated rings. The van der Waals surface area contributed by atoms with Crippen LogP contribution in [0, 0.1) is 0 Å². The molecule has 1 aromatic heterocycles. The van der Waals surface area contributed by atoms with Crippen molar-refractivity contribution in [3.8, 4) is 0 Å². The van der Waals surface area contributed by atoms with Crippen molar-refractivity contribution in [3.63, 3.8) is 0 Å². The third-order valence-corrected chi connectivity index (χ3v) is 2.17. The first-order chi connectivity index (χ1) is 7.15. The summed E-state index contributed by atoms with van der Waals surface area (Å²) in [6, 6.07) is 0.0597. The molecule has 0 aromatic carbocycles. The summed E-state index contributed by atoms with van der Waals surface area (Å²) in [5.74, 6) is 0.0748. The van der Waals surface area contributed by atoms with E-state index in [1.165, 1.54) is 6.20 Å². The van der Waals surface area contributed by atoms with Crippen LogP contribution >= 0.6 is 0 Å². The Morgan fingerprint density at radius 3 is 3.00 bits per heavy atom. The molecule has 0 aliphatic rings. The van der Waals surface area contributed by atoms with Gasteiger partial charge in [0.05, 0.1) is 6.20 Å². The molecule has 0 bridgehead atoms. The third kappa shape index (κ3) is 3.43. The van der Waals surface area contributed by atoms with Crippen LogP contribution in [0.2, 0.25) is 0 Å². The summed E-state index contributed by atoms with van der Waals surface area (Å²) in [6.45, 7) is 4.67. The molecule has 5 heteroatoms. The molecule has 15 heavy (non-hydrogen) atoms. The maximum Gasteiger partial charge on any atom is 0.182 e. The Bertz CT molecular complexity index is 319. The van der Waals surface area contributed by atoms with Gasteiger partial charge in [0.25, 0.3) is 0 Å². The minimum absolute atomic E-state index is 0.0597. The zero-order valence-corrected chi connectivity index (χ0v) is 9.31. The predicted molar refractivity (Wildman–Crippen MR) is 57.5 cm³/mol. The van der Waals surface area contributed by atoms with Crippen molar-refractivity contribution in [3.05, 3.63) is 11.9 Å². The first-order valence-corrected chi connectivity index (χ1v) is 5.32. The van der Waals surface area contributed by atoms with Crippen LogP contribution in [0.25, 0.3) is 0 Å². The lowest BCUT2D eigenvalue weighted by molar-refractivity contribution is 0.0967. The summed E-state index contributed by atoms with van der Waals surface area (Å²) in [5, 5.41) is 7.62. The van der Waals surface area contributed by atoms with Gasteiger partial charge >= 0.3 is 0 Å². The molecule has 1 rings (SSSR count). The van der Waals surface area contributed by atoms with Crippen LogP contribution in [0.3, 0.4) is 0 Å². The lowest BCUT2D eigenvalue weighted by Gasteiger charge is -2.05. The summed E-state index contributed by atoms with van der Waals surface area (Å²) in [4.78, 5) is 11.7. The first-order valence-electron chi connectivity index (χ1n) is 5.32. The van der Waals surface area contributed by atoms with Gasteiger partial charge in [-0.15, -0.1) is 5.10 Å². The molecule has 1 heterocycles. The number of hydrogen-bond donors (Lipinski definition) is 1. The zero-order chi connectivity index (χ0) is 11.3. The van der Waals surface area contributed by atoms with Crippen molar-refractivity contribution in [2.45, 2.75) is 45.7 Å². The largest absolute Gasteiger partial charge is 0.328 e. The highest BCUT2D eigenvalue weighted by atomic mass is 16.1. The van der Waals surface area contributed by atoms with E-state index in [4.69, 9.17) is 5.73 Å². The fourth-order valence-electron chi connectivity index (χ4n) is 1.34. The SMILES string of the molecule is CCCn1nncc1C(=O)CCC(C)N. The second-order valence-corrected chi connectivity index (χ2v) is 3.78. The Balaban J connectivity index is 2.60. The minimum Gasteiger partial charge on any atom is -0.328 e. The van der Waals surface area contributed by atoms with E-state index in [-0.39, 0.29) is 11.8 Å². The van der Waals surface area contributed by atoms with Crippen LogP contribution in [0.1, 0.15) is 43.6 Å². The van der Waals surface area contributed by atoms with E-state index in [9.17, 15) is 4.79 Å². The van der Waals surface area contributed by atoms with Crippen molar-refractivity contribution in [1.29, 1.82) is 0 Å². The van der Waals surface area contributed by atoms with Gasteiger partial charge in [-0.1, -0.05) is 12.1 Å². The molecule has 0 saturated heterocycles. The molecule has 0 saturated carbocycles. The lowest BCUT2D eigenvalue weighted by Crippen LogP contribution is -2.18. The second-order valence-electron chi connectivity index (χ2n) is 3.78. The molecular formula is C10H18N4O. The smallest absolute Gasteiger partial charge is 0.182 e. The summed E-state index contributed by atoms with van der Waals surface area (Å²) >= 11 is 0. The number of carbonyl (C=O) groups is 1. The summed E-state index contributed by atoms with van der Waals surface area (Å²) in [7, 11) is 0. The Labute approximate surface area is 89.6 Å². The highest BCUT2D eigenvalue weighted by Crippen LogP contribution is 2.05. The van der Waals surface area contributed by atoms with Gasteiger partial charge in [0.15, 0.2) is 5.78 Å². The van der Waals surface area contributed by atoms with Crippen molar-refractivity contribution < 1.29 is 4.79 Å². The Hall–Kier alpha value is -1.23. The molecule has 0 spiro atoms. The zero-order valence-electron chi connectivity index (χ0n) is 9.31. The van der Waals surface area contributed by atoms with Gasteiger partial charge in [0, 0.05) is 19.0 Å². The minimum atomic E-state index is 0.0597. The molecule has 0 radical (unpaired) electrons. The van der Waals surface area contributed by atoms with Gasteiger partial charge in [-0.3, -0.25) is 4.79 Å². The topological polar surface area (TPSA) is 73.8 Å². The van der Waals surface area contributed by atoms with E-state index in [1.807, 2.05) is 13.8 Å². The Kier molecular flexibility index (Phi) is 4.42. The quantitative estimate of drug-likeness (QED) is 0.711. The van der Waals surface area contributed by atoms with E-state index in [0.717, 1.165) is 13.0 Å². The average Bonchev–Trinajstić information content (AvgIpc) is 2.63. The first kappa shape index (κ1) is 11.8. The van der Waals surface area contributed by atoms with Crippen molar-refractivity contribution in [2.75, 3.05) is 0 Å². The van der Waals surface area contributed by atoms with Crippen LogP contribution in [-0.2, 0) is 6.54 Å². The van der Waals surface area contributed by atoms with Gasteiger partial charge in [-0.25, -0.2) is 4.68 Å². The van der Waals surface area contributed by atoms with Crippen molar-refractivity contribution in [1.82, 2.24) is 15.0 Å². The molecule has 0 amide bonds. The summed E-state index contributed by atoms with van der Waals surface area (Å²) < 4.78 is 1.66. The van der Waals surface area contributed by atoms with Crippen LogP contribution in [-0.4, -0.2) is 26.8 Å². The molecule has 0 aliphatic heterocycles. The van der Waals surface area contributed by atoms with Gasteiger partial charge in [-0.05, 0) is 19.8 Å². The van der Waals surface area contributed by atoms with Crippen molar-refractivity contribution in [2.24, 2.45) is 5.73 Å². The van der Waals surface area contributed by atoms with Crippen LogP contribution in [0.4, 0.5) is 0 Å². The van der Waals surface area contributed by atoms with Crippen LogP contribution in [0.5, 0.6) is 0 Å². The van der Waals surface area contributed by atoms with E-state index in [1.54, 1.807) is 4.68 Å². The lowest BCUT2D eigenvalue weighted by atomic mass is 10.1. The molecule has 2 N–H and O–H groups in total. The van der Waals surface area contributed by atoms with E-state index < -0.39 is 0 Å². The van der Waals surface area contributed by atoms with Crippen molar-refractivity contribution >= 4 is 5.78 Å². The van der Waals surface area contributed by atoms with Gasteiger partial charge in [0.1, 0.15) is 5.69 Å². The normalized spacial score (nSPS) is 12.7. The number of nitrogens with zero attached hydrogens (tertiary/aromatic N) is 3. The van der Waals surface area contributed by atoms with E-state index in [2.05, 4.69) is 10.3 Å². The number of aryl methyl sites for hydroxylation is 1.